The molecular formula is C20H27N3O2S. The summed E-state index contributed by atoms with van der Waals surface area (Å²) in [4.78, 5) is 16.6. The van der Waals surface area contributed by atoms with Gasteiger partial charge in [-0.1, -0.05) is 30.3 Å². The summed E-state index contributed by atoms with van der Waals surface area (Å²) >= 11 is 1.44. The zero-order chi connectivity index (χ0) is 18.6. The van der Waals surface area contributed by atoms with Crippen LogP contribution in [0.15, 0.2) is 35.7 Å². The lowest BCUT2D eigenvalue weighted by Gasteiger charge is -2.45. The number of rotatable bonds is 6. The Balaban J connectivity index is 1.69. The standard InChI is InChI=1S/C20H27N3O2S/c1-19(2)14-20(10-12-25-19,15-7-5-4-6-8-15)9-11-22-17(24)16-13-26-18(21-3)23-16/h4-8,13H,9-12,14H2,1-3H3,(H,21,23)(H,22,24). The van der Waals surface area contributed by atoms with Gasteiger partial charge in [-0.2, -0.15) is 0 Å². The lowest BCUT2D eigenvalue weighted by molar-refractivity contribution is -0.0838. The van der Waals surface area contributed by atoms with Crippen molar-refractivity contribution in [3.63, 3.8) is 0 Å². The largest absolute Gasteiger partial charge is 0.376 e. The Morgan fingerprint density at radius 2 is 2.08 bits per heavy atom. The average molecular weight is 374 g/mol. The van der Waals surface area contributed by atoms with Gasteiger partial charge in [-0.05, 0) is 38.7 Å². The molecule has 1 atom stereocenters. The molecule has 1 saturated heterocycles. The molecule has 0 radical (unpaired) electrons. The molecule has 2 heterocycles. The summed E-state index contributed by atoms with van der Waals surface area (Å²) in [6.45, 7) is 5.66. The Morgan fingerprint density at radius 3 is 2.73 bits per heavy atom. The summed E-state index contributed by atoms with van der Waals surface area (Å²) in [5.74, 6) is -0.114. The zero-order valence-corrected chi connectivity index (χ0v) is 16.5. The van der Waals surface area contributed by atoms with Gasteiger partial charge in [0.05, 0.1) is 5.60 Å². The molecule has 1 aliphatic rings. The summed E-state index contributed by atoms with van der Waals surface area (Å²) in [6, 6.07) is 10.6. The second-order valence-electron chi connectivity index (χ2n) is 7.48. The van der Waals surface area contributed by atoms with Gasteiger partial charge in [0.2, 0.25) is 0 Å². The summed E-state index contributed by atoms with van der Waals surface area (Å²) in [5.41, 5.74) is 1.67. The maximum Gasteiger partial charge on any atom is 0.270 e. The number of carbonyl (C=O) groups excluding carboxylic acids is 1. The van der Waals surface area contributed by atoms with E-state index in [0.29, 0.717) is 12.2 Å². The minimum Gasteiger partial charge on any atom is -0.376 e. The molecule has 0 saturated carbocycles. The van der Waals surface area contributed by atoms with Crippen molar-refractivity contribution >= 4 is 22.4 Å². The SMILES string of the molecule is CNc1nc(C(=O)NCCC2(c3ccccc3)CCOC(C)(C)C2)cs1. The number of ether oxygens (including phenoxy) is 1. The van der Waals surface area contributed by atoms with E-state index in [4.69, 9.17) is 4.74 Å². The lowest BCUT2D eigenvalue weighted by Crippen LogP contribution is -2.45. The van der Waals surface area contributed by atoms with Crippen molar-refractivity contribution < 1.29 is 9.53 Å². The molecule has 1 amide bonds. The second kappa shape index (κ2) is 7.76. The van der Waals surface area contributed by atoms with Gasteiger partial charge in [0, 0.05) is 31.0 Å². The van der Waals surface area contributed by atoms with E-state index in [1.165, 1.54) is 16.9 Å². The van der Waals surface area contributed by atoms with Gasteiger partial charge in [0.1, 0.15) is 5.69 Å². The summed E-state index contributed by atoms with van der Waals surface area (Å²) in [5, 5.41) is 8.54. The molecule has 1 aliphatic heterocycles. The van der Waals surface area contributed by atoms with Crippen molar-refractivity contribution in [3.05, 3.63) is 47.0 Å². The molecular weight excluding hydrogens is 346 g/mol. The summed E-state index contributed by atoms with van der Waals surface area (Å²) in [7, 11) is 1.80. The number of amides is 1. The van der Waals surface area contributed by atoms with E-state index in [0.717, 1.165) is 31.0 Å². The molecule has 1 aromatic heterocycles. The van der Waals surface area contributed by atoms with Crippen molar-refractivity contribution in [1.82, 2.24) is 10.3 Å². The molecule has 26 heavy (non-hydrogen) atoms. The monoisotopic (exact) mass is 373 g/mol. The predicted molar refractivity (Wildman–Crippen MR) is 106 cm³/mol. The van der Waals surface area contributed by atoms with Crippen LogP contribution in [-0.4, -0.2) is 36.7 Å². The third-order valence-corrected chi connectivity index (χ3v) is 5.92. The van der Waals surface area contributed by atoms with Crippen LogP contribution in [0.25, 0.3) is 0 Å². The molecule has 2 N–H and O–H groups in total. The van der Waals surface area contributed by atoms with E-state index in [2.05, 4.69) is 53.7 Å². The van der Waals surface area contributed by atoms with E-state index >= 15 is 0 Å². The van der Waals surface area contributed by atoms with Gasteiger partial charge in [0.15, 0.2) is 5.13 Å². The first-order valence-electron chi connectivity index (χ1n) is 9.05. The molecule has 0 aliphatic carbocycles. The maximum atomic E-state index is 12.4. The van der Waals surface area contributed by atoms with Crippen molar-refractivity contribution in [3.8, 4) is 0 Å². The van der Waals surface area contributed by atoms with Crippen LogP contribution in [0.2, 0.25) is 0 Å². The fraction of sp³-hybridized carbons (Fsp3) is 0.500. The Hall–Kier alpha value is -1.92. The highest BCUT2D eigenvalue weighted by Gasteiger charge is 2.41. The van der Waals surface area contributed by atoms with E-state index in [1.807, 2.05) is 6.07 Å². The molecule has 1 unspecified atom stereocenters. The highest BCUT2D eigenvalue weighted by molar-refractivity contribution is 7.13. The number of aromatic nitrogens is 1. The minimum absolute atomic E-state index is 0.0223. The first-order chi connectivity index (χ1) is 12.4. The molecule has 1 fully saturated rings. The van der Waals surface area contributed by atoms with Gasteiger partial charge in [0.25, 0.3) is 5.91 Å². The molecule has 6 heteroatoms. The number of carbonyl (C=O) groups is 1. The predicted octanol–water partition coefficient (Wildman–Crippen LogP) is 3.83. The quantitative estimate of drug-likeness (QED) is 0.808. The first-order valence-corrected chi connectivity index (χ1v) is 9.93. The number of thiazole rings is 1. The van der Waals surface area contributed by atoms with Crippen molar-refractivity contribution in [2.75, 3.05) is 25.5 Å². The van der Waals surface area contributed by atoms with Crippen LogP contribution < -0.4 is 10.6 Å². The smallest absolute Gasteiger partial charge is 0.270 e. The van der Waals surface area contributed by atoms with Gasteiger partial charge in [-0.25, -0.2) is 4.98 Å². The number of nitrogens with one attached hydrogen (secondary N) is 2. The Labute approximate surface area is 159 Å². The Morgan fingerprint density at radius 1 is 1.31 bits per heavy atom. The zero-order valence-electron chi connectivity index (χ0n) is 15.7. The Bertz CT molecular complexity index is 745. The molecule has 0 spiro atoms. The van der Waals surface area contributed by atoms with Crippen LogP contribution in [-0.2, 0) is 10.2 Å². The van der Waals surface area contributed by atoms with Crippen molar-refractivity contribution in [1.29, 1.82) is 0 Å². The normalized spacial score (nSPS) is 22.0. The van der Waals surface area contributed by atoms with Gasteiger partial charge < -0.3 is 15.4 Å². The number of anilines is 1. The van der Waals surface area contributed by atoms with Crippen LogP contribution in [0.3, 0.4) is 0 Å². The second-order valence-corrected chi connectivity index (χ2v) is 8.33. The topological polar surface area (TPSA) is 63.2 Å². The highest BCUT2D eigenvalue weighted by atomic mass is 32.1. The van der Waals surface area contributed by atoms with Crippen LogP contribution in [0.1, 0.15) is 49.2 Å². The molecule has 2 aromatic rings. The number of hydrogen-bond acceptors (Lipinski definition) is 5. The van der Waals surface area contributed by atoms with E-state index in [9.17, 15) is 4.79 Å². The molecule has 0 bridgehead atoms. The van der Waals surface area contributed by atoms with Crippen molar-refractivity contribution in [2.24, 2.45) is 0 Å². The van der Waals surface area contributed by atoms with Crippen LogP contribution in [0, 0.1) is 0 Å². The lowest BCUT2D eigenvalue weighted by atomic mass is 9.67. The number of hydrogen-bond donors (Lipinski definition) is 2. The van der Waals surface area contributed by atoms with Crippen LogP contribution in [0.4, 0.5) is 5.13 Å². The third-order valence-electron chi connectivity index (χ3n) is 5.06. The average Bonchev–Trinajstić information content (AvgIpc) is 3.11. The van der Waals surface area contributed by atoms with Crippen LogP contribution >= 0.6 is 11.3 Å². The molecule has 1 aromatic carbocycles. The van der Waals surface area contributed by atoms with Gasteiger partial charge in [-0.15, -0.1) is 11.3 Å². The first kappa shape index (κ1) is 18.9. The summed E-state index contributed by atoms with van der Waals surface area (Å²) < 4.78 is 5.95. The molecule has 3 rings (SSSR count). The van der Waals surface area contributed by atoms with Crippen LogP contribution in [0.5, 0.6) is 0 Å². The fourth-order valence-electron chi connectivity index (χ4n) is 3.87. The summed E-state index contributed by atoms with van der Waals surface area (Å²) in [6.07, 6.45) is 2.80. The van der Waals surface area contributed by atoms with E-state index in [-0.39, 0.29) is 16.9 Å². The van der Waals surface area contributed by atoms with E-state index < -0.39 is 0 Å². The molecule has 140 valence electrons. The van der Waals surface area contributed by atoms with Gasteiger partial charge >= 0.3 is 0 Å². The molecule has 5 nitrogen and oxygen atoms in total. The highest BCUT2D eigenvalue weighted by Crippen LogP contribution is 2.43. The Kier molecular flexibility index (Phi) is 5.63. The maximum absolute atomic E-state index is 12.4. The van der Waals surface area contributed by atoms with E-state index in [1.54, 1.807) is 12.4 Å². The fourth-order valence-corrected chi connectivity index (χ4v) is 4.52. The van der Waals surface area contributed by atoms with Gasteiger partial charge in [-0.3, -0.25) is 4.79 Å². The number of nitrogens with zero attached hydrogens (tertiary/aromatic N) is 1. The minimum atomic E-state index is -0.158. The van der Waals surface area contributed by atoms with Crippen molar-refractivity contribution in [2.45, 2.75) is 44.1 Å². The number of benzene rings is 1. The third kappa shape index (κ3) is 4.24.